The van der Waals surface area contributed by atoms with E-state index in [0.29, 0.717) is 0 Å². The fourth-order valence-corrected chi connectivity index (χ4v) is 12.7. The van der Waals surface area contributed by atoms with Crippen LogP contribution in [0.15, 0.2) is 261 Å². The van der Waals surface area contributed by atoms with Gasteiger partial charge in [-0.2, -0.15) is 0 Å². The van der Waals surface area contributed by atoms with Crippen molar-refractivity contribution in [2.24, 2.45) is 0 Å². The fraction of sp³-hybridized carbons (Fsp3) is 0.0571. The summed E-state index contributed by atoms with van der Waals surface area (Å²) in [4.78, 5) is 2.44. The molecule has 1 heteroatoms. The van der Waals surface area contributed by atoms with Crippen LogP contribution in [0.3, 0.4) is 0 Å². The first kappa shape index (κ1) is 41.2. The SMILES string of the molecule is CC1(C)c2ccc(N(c3ccc(-c4ccccc4)cc3)c3ccc(-c4ccc(-c5ccccc5)cc4)cc3)cc2-c2c1cc1c(c2-c2ccccc2)-c2ccccc2C12c1ccccc1-c1ccccc12. The van der Waals surface area contributed by atoms with E-state index >= 15 is 0 Å². The van der Waals surface area contributed by atoms with Crippen LogP contribution < -0.4 is 4.90 Å². The van der Waals surface area contributed by atoms with Crippen LogP contribution in [0.2, 0.25) is 0 Å². The van der Waals surface area contributed by atoms with Crippen LogP contribution in [-0.2, 0) is 10.8 Å². The van der Waals surface area contributed by atoms with E-state index in [-0.39, 0.29) is 5.41 Å². The number of benzene rings is 11. The van der Waals surface area contributed by atoms with Gasteiger partial charge < -0.3 is 4.90 Å². The highest BCUT2D eigenvalue weighted by Gasteiger charge is 2.54. The Balaban J connectivity index is 0.971. The van der Waals surface area contributed by atoms with Crippen LogP contribution in [0.5, 0.6) is 0 Å². The molecular weight excluding hydrogens is 855 g/mol. The average Bonchev–Trinajstić information content (AvgIpc) is 4.00. The minimum atomic E-state index is -0.452. The highest BCUT2D eigenvalue weighted by molar-refractivity contribution is 6.07. The highest BCUT2D eigenvalue weighted by Crippen LogP contribution is 2.67. The molecule has 3 aliphatic rings. The third-order valence-corrected chi connectivity index (χ3v) is 15.9. The molecule has 0 aliphatic heterocycles. The first-order valence-corrected chi connectivity index (χ1v) is 24.9. The lowest BCUT2D eigenvalue weighted by Crippen LogP contribution is -2.26. The van der Waals surface area contributed by atoms with E-state index in [1.54, 1.807) is 0 Å². The number of anilines is 3. The zero-order chi connectivity index (χ0) is 47.3. The standard InChI is InChI=1S/C70H49N/c1-69(2)60-43-42-55(71(53-38-34-50(35-39-53)47-20-8-4-9-21-47)54-40-36-51(37-41-54)49-32-30-48(31-33-49)46-18-6-3-7-19-46)44-59(60)68-64(69)45-65-67(66(68)52-22-10-5-11-23-52)58-26-14-17-29-63(58)70(65)61-27-15-12-24-56(61)57-25-13-16-28-62(57)70/h3-45H,1-2H3. The summed E-state index contributed by atoms with van der Waals surface area (Å²) in [6.07, 6.45) is 0. The molecule has 0 saturated carbocycles. The highest BCUT2D eigenvalue weighted by atomic mass is 15.1. The molecule has 11 aromatic rings. The molecular formula is C70H49N. The molecule has 1 spiro atoms. The molecule has 1 nitrogen and oxygen atoms in total. The van der Waals surface area contributed by atoms with E-state index < -0.39 is 5.41 Å². The summed E-state index contributed by atoms with van der Waals surface area (Å²) < 4.78 is 0. The minimum Gasteiger partial charge on any atom is -0.310 e. The van der Waals surface area contributed by atoms with Gasteiger partial charge in [0.1, 0.15) is 0 Å². The first-order valence-electron chi connectivity index (χ1n) is 24.9. The average molecular weight is 904 g/mol. The van der Waals surface area contributed by atoms with E-state index in [1.165, 1.54) is 111 Å². The van der Waals surface area contributed by atoms with Crippen molar-refractivity contribution in [2.75, 3.05) is 4.90 Å². The maximum atomic E-state index is 2.63. The van der Waals surface area contributed by atoms with E-state index in [2.05, 4.69) is 280 Å². The van der Waals surface area contributed by atoms with Gasteiger partial charge in [-0.15, -0.1) is 0 Å². The van der Waals surface area contributed by atoms with Crippen LogP contribution >= 0.6 is 0 Å². The van der Waals surface area contributed by atoms with Gasteiger partial charge in [-0.05, 0) is 148 Å². The Labute approximate surface area is 416 Å². The Morgan fingerprint density at radius 1 is 0.239 bits per heavy atom. The molecule has 0 atom stereocenters. The van der Waals surface area contributed by atoms with Crippen LogP contribution in [0.4, 0.5) is 17.1 Å². The zero-order valence-corrected chi connectivity index (χ0v) is 39.8. The number of rotatable bonds is 7. The molecule has 0 radical (unpaired) electrons. The minimum absolute atomic E-state index is 0.283. The van der Waals surface area contributed by atoms with Crippen LogP contribution in [0.1, 0.15) is 47.2 Å². The Morgan fingerprint density at radius 3 is 1.10 bits per heavy atom. The summed E-state index contributed by atoms with van der Waals surface area (Å²) >= 11 is 0. The summed E-state index contributed by atoms with van der Waals surface area (Å²) in [5.41, 5.74) is 28.5. The summed E-state index contributed by atoms with van der Waals surface area (Å²) in [5, 5.41) is 0. The van der Waals surface area contributed by atoms with Crippen molar-refractivity contribution in [2.45, 2.75) is 24.7 Å². The molecule has 14 rings (SSSR count). The maximum Gasteiger partial charge on any atom is 0.0725 e. The summed E-state index contributed by atoms with van der Waals surface area (Å²) in [6.45, 7) is 4.88. The molecule has 0 amide bonds. The molecule has 11 aromatic carbocycles. The third kappa shape index (κ3) is 6.13. The monoisotopic (exact) mass is 903 g/mol. The summed E-state index contributed by atoms with van der Waals surface area (Å²) in [5.74, 6) is 0. The van der Waals surface area contributed by atoms with Crippen LogP contribution in [0, 0.1) is 0 Å². The zero-order valence-electron chi connectivity index (χ0n) is 39.8. The molecule has 71 heavy (non-hydrogen) atoms. The van der Waals surface area contributed by atoms with Crippen molar-refractivity contribution in [1.29, 1.82) is 0 Å². The number of hydrogen-bond donors (Lipinski definition) is 0. The van der Waals surface area contributed by atoms with Gasteiger partial charge >= 0.3 is 0 Å². The van der Waals surface area contributed by atoms with Gasteiger partial charge in [0.05, 0.1) is 5.41 Å². The lowest BCUT2D eigenvalue weighted by Gasteiger charge is -2.32. The second kappa shape index (κ2) is 15.9. The quantitative estimate of drug-likeness (QED) is 0.154. The lowest BCUT2D eigenvalue weighted by molar-refractivity contribution is 0.657. The fourth-order valence-electron chi connectivity index (χ4n) is 12.7. The number of nitrogens with zero attached hydrogens (tertiary/aromatic N) is 1. The van der Waals surface area contributed by atoms with Crippen molar-refractivity contribution < 1.29 is 0 Å². The van der Waals surface area contributed by atoms with E-state index in [4.69, 9.17) is 0 Å². The van der Waals surface area contributed by atoms with Crippen molar-refractivity contribution in [3.63, 3.8) is 0 Å². The van der Waals surface area contributed by atoms with E-state index in [0.717, 1.165) is 17.1 Å². The second-order valence-corrected chi connectivity index (χ2v) is 19.9. The number of hydrogen-bond acceptors (Lipinski definition) is 1. The molecule has 0 bridgehead atoms. The largest absolute Gasteiger partial charge is 0.310 e. The Bertz CT molecular complexity index is 3800. The molecule has 0 aromatic heterocycles. The van der Waals surface area contributed by atoms with Gasteiger partial charge in [0, 0.05) is 22.5 Å². The normalized spacial score (nSPS) is 13.7. The molecule has 0 saturated heterocycles. The van der Waals surface area contributed by atoms with Crippen molar-refractivity contribution in [3.05, 3.63) is 294 Å². The topological polar surface area (TPSA) is 3.24 Å². The van der Waals surface area contributed by atoms with Gasteiger partial charge in [-0.25, -0.2) is 0 Å². The van der Waals surface area contributed by atoms with Crippen LogP contribution in [-0.4, -0.2) is 0 Å². The first-order chi connectivity index (χ1) is 35.0. The molecule has 0 fully saturated rings. The Hall–Kier alpha value is -8.78. The van der Waals surface area contributed by atoms with Gasteiger partial charge in [0.15, 0.2) is 0 Å². The molecule has 0 heterocycles. The van der Waals surface area contributed by atoms with Gasteiger partial charge in [0.2, 0.25) is 0 Å². The van der Waals surface area contributed by atoms with Crippen molar-refractivity contribution in [1.82, 2.24) is 0 Å². The molecule has 0 N–H and O–H groups in total. The maximum absolute atomic E-state index is 2.63. The van der Waals surface area contributed by atoms with E-state index in [1.807, 2.05) is 0 Å². The van der Waals surface area contributed by atoms with Crippen LogP contribution in [0.25, 0.3) is 77.9 Å². The predicted octanol–water partition coefficient (Wildman–Crippen LogP) is 18.5. The smallest absolute Gasteiger partial charge is 0.0725 e. The van der Waals surface area contributed by atoms with Gasteiger partial charge in [-0.1, -0.05) is 238 Å². The van der Waals surface area contributed by atoms with Gasteiger partial charge in [-0.3, -0.25) is 0 Å². The van der Waals surface area contributed by atoms with Crippen molar-refractivity contribution >= 4 is 17.1 Å². The molecule has 334 valence electrons. The Kier molecular flexibility index (Phi) is 9.22. The second-order valence-electron chi connectivity index (χ2n) is 19.9. The number of fused-ring (bicyclic) bond motifs is 13. The summed E-state index contributed by atoms with van der Waals surface area (Å²) in [7, 11) is 0. The lowest BCUT2D eigenvalue weighted by atomic mass is 9.69. The molecule has 3 aliphatic carbocycles. The van der Waals surface area contributed by atoms with Crippen molar-refractivity contribution in [3.8, 4) is 77.9 Å². The predicted molar refractivity (Wildman–Crippen MR) is 297 cm³/mol. The third-order valence-electron chi connectivity index (χ3n) is 15.9. The molecule has 0 unspecified atom stereocenters. The summed E-state index contributed by atoms with van der Waals surface area (Å²) in [6, 6.07) is 97.0. The Morgan fingerprint density at radius 2 is 0.606 bits per heavy atom. The van der Waals surface area contributed by atoms with Gasteiger partial charge in [0.25, 0.3) is 0 Å². The van der Waals surface area contributed by atoms with E-state index in [9.17, 15) is 0 Å².